The predicted molar refractivity (Wildman–Crippen MR) is 79.9 cm³/mol. The van der Waals surface area contributed by atoms with Crippen LogP contribution in [0.4, 0.5) is 0 Å². The zero-order chi connectivity index (χ0) is 14.7. The normalized spacial score (nSPS) is 12.4. The van der Waals surface area contributed by atoms with Gasteiger partial charge >= 0.3 is 5.97 Å². The number of carboxylic acid groups (broad SMARTS) is 1. The molecule has 0 aliphatic rings. The quantitative estimate of drug-likeness (QED) is 0.753. The molecule has 0 amide bonds. The summed E-state index contributed by atoms with van der Waals surface area (Å²) >= 11 is 0. The van der Waals surface area contributed by atoms with Gasteiger partial charge in [-0.2, -0.15) is 0 Å². The molecular weight excluding hydrogens is 266 g/mol. The Morgan fingerprint density at radius 2 is 1.90 bits per heavy atom. The zero-order valence-electron chi connectivity index (χ0n) is 11.3. The average molecular weight is 281 g/mol. The molecule has 4 heteroatoms. The van der Waals surface area contributed by atoms with Crippen molar-refractivity contribution in [3.63, 3.8) is 0 Å². The monoisotopic (exact) mass is 281 g/mol. The molecular formula is C17H15NO3. The maximum absolute atomic E-state index is 11.6. The summed E-state index contributed by atoms with van der Waals surface area (Å²) in [5, 5.41) is 14.5. The van der Waals surface area contributed by atoms with E-state index in [0.29, 0.717) is 12.3 Å². The molecule has 0 bridgehead atoms. The lowest BCUT2D eigenvalue weighted by Crippen LogP contribution is -2.28. The molecule has 0 radical (unpaired) electrons. The number of carboxylic acids is 1. The van der Waals surface area contributed by atoms with Gasteiger partial charge in [-0.1, -0.05) is 42.5 Å². The molecule has 0 saturated carbocycles. The van der Waals surface area contributed by atoms with Crippen LogP contribution in [0.25, 0.3) is 10.8 Å². The molecule has 0 saturated heterocycles. The van der Waals surface area contributed by atoms with E-state index in [1.54, 1.807) is 12.3 Å². The maximum Gasteiger partial charge on any atom is 0.325 e. The molecule has 1 aromatic heterocycles. The van der Waals surface area contributed by atoms with Crippen LogP contribution in [0, 0.1) is 0 Å². The highest BCUT2D eigenvalue weighted by atomic mass is 16.4. The molecule has 0 aliphatic heterocycles. The second kappa shape index (κ2) is 5.81. The van der Waals surface area contributed by atoms with Crippen molar-refractivity contribution in [3.8, 4) is 0 Å². The van der Waals surface area contributed by atoms with E-state index in [-0.39, 0.29) is 0 Å². The van der Waals surface area contributed by atoms with E-state index in [9.17, 15) is 9.90 Å². The lowest BCUT2D eigenvalue weighted by Gasteiger charge is -2.16. The first-order valence-electron chi connectivity index (χ1n) is 6.72. The van der Waals surface area contributed by atoms with Gasteiger partial charge in [-0.15, -0.1) is 0 Å². The van der Waals surface area contributed by atoms with Crippen molar-refractivity contribution in [1.29, 1.82) is 0 Å². The molecule has 1 heterocycles. The minimum absolute atomic E-state index is 0.368. The fourth-order valence-electron chi connectivity index (χ4n) is 2.45. The zero-order valence-corrected chi connectivity index (χ0v) is 11.3. The Hall–Kier alpha value is -2.59. The third-order valence-corrected chi connectivity index (χ3v) is 3.44. The first-order valence-corrected chi connectivity index (χ1v) is 6.72. The number of hydrogen-bond donors (Lipinski definition) is 2. The Kier molecular flexibility index (Phi) is 3.71. The molecule has 3 rings (SSSR count). The highest BCUT2D eigenvalue weighted by Gasteiger charge is 2.21. The number of hydrogen-bond acceptors (Lipinski definition) is 3. The Morgan fingerprint density at radius 3 is 2.67 bits per heavy atom. The Balaban J connectivity index is 1.94. The summed E-state index contributed by atoms with van der Waals surface area (Å²) in [6, 6.07) is 16.3. The van der Waals surface area contributed by atoms with Gasteiger partial charge in [0.1, 0.15) is 11.8 Å². The third kappa shape index (κ3) is 2.80. The summed E-state index contributed by atoms with van der Waals surface area (Å²) in [6.45, 7) is 0.368. The first-order chi connectivity index (χ1) is 10.3. The molecule has 0 aliphatic carbocycles. The highest BCUT2D eigenvalue weighted by Crippen LogP contribution is 2.24. The average Bonchev–Trinajstić information content (AvgIpc) is 3.01. The van der Waals surface area contributed by atoms with Crippen LogP contribution in [0.2, 0.25) is 0 Å². The van der Waals surface area contributed by atoms with E-state index in [0.717, 1.165) is 16.3 Å². The SMILES string of the molecule is O=C(O)C(NCc1ccco1)c1cccc2ccccc12. The van der Waals surface area contributed by atoms with E-state index < -0.39 is 12.0 Å². The van der Waals surface area contributed by atoms with Crippen LogP contribution < -0.4 is 5.32 Å². The molecule has 1 atom stereocenters. The van der Waals surface area contributed by atoms with Gasteiger partial charge in [0.05, 0.1) is 12.8 Å². The van der Waals surface area contributed by atoms with E-state index in [4.69, 9.17) is 4.42 Å². The van der Waals surface area contributed by atoms with Crippen LogP contribution >= 0.6 is 0 Å². The fraction of sp³-hybridized carbons (Fsp3) is 0.118. The van der Waals surface area contributed by atoms with Crippen molar-refractivity contribution < 1.29 is 14.3 Å². The van der Waals surface area contributed by atoms with Crippen molar-refractivity contribution in [2.45, 2.75) is 12.6 Å². The van der Waals surface area contributed by atoms with Gasteiger partial charge in [-0.3, -0.25) is 10.1 Å². The number of rotatable bonds is 5. The molecule has 1 unspecified atom stereocenters. The predicted octanol–water partition coefficient (Wildman–Crippen LogP) is 3.35. The van der Waals surface area contributed by atoms with Crippen molar-refractivity contribution in [1.82, 2.24) is 5.32 Å². The van der Waals surface area contributed by atoms with E-state index in [1.807, 2.05) is 48.5 Å². The molecule has 0 fully saturated rings. The number of fused-ring (bicyclic) bond motifs is 1. The van der Waals surface area contributed by atoms with Gasteiger partial charge in [0.25, 0.3) is 0 Å². The van der Waals surface area contributed by atoms with Gasteiger partial charge in [0, 0.05) is 0 Å². The van der Waals surface area contributed by atoms with Crippen molar-refractivity contribution in [2.24, 2.45) is 0 Å². The molecule has 2 N–H and O–H groups in total. The number of nitrogens with one attached hydrogen (secondary N) is 1. The van der Waals surface area contributed by atoms with Crippen molar-refractivity contribution >= 4 is 16.7 Å². The van der Waals surface area contributed by atoms with E-state index in [2.05, 4.69) is 5.32 Å². The summed E-state index contributed by atoms with van der Waals surface area (Å²) < 4.78 is 5.23. The molecule has 21 heavy (non-hydrogen) atoms. The summed E-state index contributed by atoms with van der Waals surface area (Å²) in [7, 11) is 0. The third-order valence-electron chi connectivity index (χ3n) is 3.44. The standard InChI is InChI=1S/C17H15NO3/c19-17(20)16(18-11-13-7-4-10-21-13)15-9-3-6-12-5-1-2-8-14(12)15/h1-10,16,18H,11H2,(H,19,20). The summed E-state index contributed by atoms with van der Waals surface area (Å²) in [4.78, 5) is 11.6. The minimum atomic E-state index is -0.905. The fourth-order valence-corrected chi connectivity index (χ4v) is 2.45. The van der Waals surface area contributed by atoms with Crippen LogP contribution in [0.15, 0.2) is 65.3 Å². The van der Waals surface area contributed by atoms with Crippen LogP contribution in [-0.2, 0) is 11.3 Å². The second-order valence-electron chi connectivity index (χ2n) is 4.80. The minimum Gasteiger partial charge on any atom is -0.480 e. The summed E-state index contributed by atoms with van der Waals surface area (Å²) in [5.41, 5.74) is 0.757. The lowest BCUT2D eigenvalue weighted by atomic mass is 9.98. The second-order valence-corrected chi connectivity index (χ2v) is 4.80. The molecule has 106 valence electrons. The maximum atomic E-state index is 11.6. The molecule has 2 aromatic carbocycles. The largest absolute Gasteiger partial charge is 0.480 e. The Labute approximate surface area is 122 Å². The molecule has 0 spiro atoms. The van der Waals surface area contributed by atoms with Crippen LogP contribution in [0.1, 0.15) is 17.4 Å². The lowest BCUT2D eigenvalue weighted by molar-refractivity contribution is -0.139. The van der Waals surface area contributed by atoms with Crippen LogP contribution in [0.3, 0.4) is 0 Å². The highest BCUT2D eigenvalue weighted by molar-refractivity contribution is 5.90. The van der Waals surface area contributed by atoms with Crippen molar-refractivity contribution in [2.75, 3.05) is 0 Å². The Morgan fingerprint density at radius 1 is 1.10 bits per heavy atom. The molecule has 4 nitrogen and oxygen atoms in total. The van der Waals surface area contributed by atoms with Crippen molar-refractivity contribution in [3.05, 3.63) is 72.2 Å². The molecule has 3 aromatic rings. The van der Waals surface area contributed by atoms with Gasteiger partial charge in [-0.05, 0) is 28.5 Å². The number of carbonyl (C=O) groups is 1. The topological polar surface area (TPSA) is 62.5 Å². The van der Waals surface area contributed by atoms with Gasteiger partial charge in [0.2, 0.25) is 0 Å². The van der Waals surface area contributed by atoms with E-state index >= 15 is 0 Å². The smallest absolute Gasteiger partial charge is 0.325 e. The summed E-state index contributed by atoms with van der Waals surface area (Å²) in [6.07, 6.45) is 1.57. The first kappa shape index (κ1) is 13.4. The number of furan rings is 1. The number of benzene rings is 2. The van der Waals surface area contributed by atoms with Gasteiger partial charge < -0.3 is 9.52 Å². The van der Waals surface area contributed by atoms with E-state index in [1.165, 1.54) is 0 Å². The van der Waals surface area contributed by atoms with Crippen LogP contribution in [0.5, 0.6) is 0 Å². The van der Waals surface area contributed by atoms with Gasteiger partial charge in [-0.25, -0.2) is 0 Å². The van der Waals surface area contributed by atoms with Crippen LogP contribution in [-0.4, -0.2) is 11.1 Å². The Bertz CT molecular complexity index is 744. The summed E-state index contributed by atoms with van der Waals surface area (Å²) in [5.74, 6) is -0.195. The number of aliphatic carboxylic acids is 1. The van der Waals surface area contributed by atoms with Gasteiger partial charge in [0.15, 0.2) is 0 Å².